The van der Waals surface area contributed by atoms with E-state index in [1.807, 2.05) is 12.1 Å². The molecule has 1 amide bonds. The Hall–Kier alpha value is -2.17. The Kier molecular flexibility index (Phi) is 3.41. The summed E-state index contributed by atoms with van der Waals surface area (Å²) in [6.07, 6.45) is 1.60. The van der Waals surface area contributed by atoms with E-state index in [9.17, 15) is 9.59 Å². The predicted molar refractivity (Wildman–Crippen MR) is 69.2 cm³/mol. The number of carbonyl (C=O) groups is 2. The molecule has 0 bridgehead atoms. The third-order valence-electron chi connectivity index (χ3n) is 2.70. The SMILES string of the molecule is CC(C)C(=O)CC(=O)Nc1ccc2[nH]ncc2c1. The number of H-pyrrole nitrogens is 1. The van der Waals surface area contributed by atoms with Gasteiger partial charge in [0, 0.05) is 17.0 Å². The zero-order chi connectivity index (χ0) is 13.1. The minimum Gasteiger partial charge on any atom is -0.326 e. The summed E-state index contributed by atoms with van der Waals surface area (Å²) in [5.74, 6) is -0.458. The number of rotatable bonds is 4. The van der Waals surface area contributed by atoms with Gasteiger partial charge in [0.2, 0.25) is 5.91 Å². The van der Waals surface area contributed by atoms with Crippen molar-refractivity contribution in [1.82, 2.24) is 10.2 Å². The number of hydrogen-bond donors (Lipinski definition) is 2. The van der Waals surface area contributed by atoms with Crippen LogP contribution in [0, 0.1) is 5.92 Å². The molecule has 0 saturated heterocycles. The number of anilines is 1. The molecule has 1 heterocycles. The van der Waals surface area contributed by atoms with Crippen molar-refractivity contribution in [1.29, 1.82) is 0 Å². The number of aromatic amines is 1. The van der Waals surface area contributed by atoms with Gasteiger partial charge in [-0.05, 0) is 18.2 Å². The average molecular weight is 245 g/mol. The van der Waals surface area contributed by atoms with E-state index < -0.39 is 0 Å². The summed E-state index contributed by atoms with van der Waals surface area (Å²) in [6, 6.07) is 5.43. The van der Waals surface area contributed by atoms with Crippen molar-refractivity contribution in [2.75, 3.05) is 5.32 Å². The van der Waals surface area contributed by atoms with Gasteiger partial charge in [-0.25, -0.2) is 0 Å². The highest BCUT2D eigenvalue weighted by molar-refractivity contribution is 6.05. The van der Waals surface area contributed by atoms with Crippen LogP contribution in [-0.4, -0.2) is 21.9 Å². The first-order valence-corrected chi connectivity index (χ1v) is 5.82. The smallest absolute Gasteiger partial charge is 0.231 e. The first kappa shape index (κ1) is 12.3. The Morgan fingerprint density at radius 2 is 2.17 bits per heavy atom. The number of amides is 1. The van der Waals surface area contributed by atoms with Crippen LogP contribution in [0.3, 0.4) is 0 Å². The van der Waals surface area contributed by atoms with Crippen molar-refractivity contribution in [2.24, 2.45) is 5.92 Å². The predicted octanol–water partition coefficient (Wildman–Crippen LogP) is 2.12. The lowest BCUT2D eigenvalue weighted by atomic mass is 10.1. The molecule has 2 aromatic rings. The molecule has 0 unspecified atom stereocenters. The summed E-state index contributed by atoms with van der Waals surface area (Å²) in [4.78, 5) is 23.1. The zero-order valence-corrected chi connectivity index (χ0v) is 10.4. The monoisotopic (exact) mass is 245 g/mol. The number of Topliss-reactive ketones (excluding diaryl/α,β-unsaturated/α-hetero) is 1. The van der Waals surface area contributed by atoms with Crippen LogP contribution in [0.2, 0.25) is 0 Å². The summed E-state index contributed by atoms with van der Waals surface area (Å²) >= 11 is 0. The van der Waals surface area contributed by atoms with Gasteiger partial charge in [0.1, 0.15) is 5.78 Å². The fourth-order valence-electron chi connectivity index (χ4n) is 1.59. The summed E-state index contributed by atoms with van der Waals surface area (Å²) in [7, 11) is 0. The number of carbonyl (C=O) groups excluding carboxylic acids is 2. The molecule has 0 aliphatic heterocycles. The van der Waals surface area contributed by atoms with E-state index in [2.05, 4.69) is 15.5 Å². The maximum atomic E-state index is 11.6. The van der Waals surface area contributed by atoms with E-state index in [4.69, 9.17) is 0 Å². The standard InChI is InChI=1S/C13H15N3O2/c1-8(2)12(17)6-13(18)15-10-3-4-11-9(5-10)7-14-16-11/h3-5,7-8H,6H2,1-2H3,(H,14,16)(H,15,18). The third kappa shape index (κ3) is 2.74. The van der Waals surface area contributed by atoms with Crippen LogP contribution in [0.4, 0.5) is 5.69 Å². The fourth-order valence-corrected chi connectivity index (χ4v) is 1.59. The van der Waals surface area contributed by atoms with Crippen LogP contribution in [0.1, 0.15) is 20.3 Å². The molecule has 0 fully saturated rings. The number of nitrogens with zero attached hydrogens (tertiary/aromatic N) is 1. The molecule has 0 radical (unpaired) electrons. The topological polar surface area (TPSA) is 74.8 Å². The average Bonchev–Trinajstić information content (AvgIpc) is 2.75. The van der Waals surface area contributed by atoms with E-state index in [1.54, 1.807) is 26.1 Å². The molecule has 94 valence electrons. The Bertz CT molecular complexity index is 587. The van der Waals surface area contributed by atoms with Crippen molar-refractivity contribution in [3.8, 4) is 0 Å². The van der Waals surface area contributed by atoms with Gasteiger partial charge >= 0.3 is 0 Å². The summed E-state index contributed by atoms with van der Waals surface area (Å²) in [5, 5.41) is 10.4. The molecular formula is C13H15N3O2. The molecule has 0 atom stereocenters. The van der Waals surface area contributed by atoms with Crippen molar-refractivity contribution in [3.05, 3.63) is 24.4 Å². The van der Waals surface area contributed by atoms with Crippen LogP contribution in [-0.2, 0) is 9.59 Å². The number of hydrogen-bond acceptors (Lipinski definition) is 3. The molecule has 5 heteroatoms. The molecule has 1 aromatic carbocycles. The van der Waals surface area contributed by atoms with Crippen LogP contribution in [0.15, 0.2) is 24.4 Å². The molecule has 0 saturated carbocycles. The molecular weight excluding hydrogens is 230 g/mol. The van der Waals surface area contributed by atoms with Crippen LogP contribution < -0.4 is 5.32 Å². The van der Waals surface area contributed by atoms with Gasteiger partial charge < -0.3 is 5.32 Å². The molecule has 1 aromatic heterocycles. The van der Waals surface area contributed by atoms with E-state index in [1.165, 1.54) is 0 Å². The number of fused-ring (bicyclic) bond motifs is 1. The lowest BCUT2D eigenvalue weighted by molar-refractivity contribution is -0.127. The van der Waals surface area contributed by atoms with Gasteiger partial charge in [-0.1, -0.05) is 13.8 Å². The number of nitrogens with one attached hydrogen (secondary N) is 2. The molecule has 18 heavy (non-hydrogen) atoms. The van der Waals surface area contributed by atoms with Crippen molar-refractivity contribution >= 4 is 28.3 Å². The van der Waals surface area contributed by atoms with Crippen molar-refractivity contribution in [3.63, 3.8) is 0 Å². The normalized spacial score (nSPS) is 10.8. The van der Waals surface area contributed by atoms with Crippen molar-refractivity contribution in [2.45, 2.75) is 20.3 Å². The number of aromatic nitrogens is 2. The summed E-state index contributed by atoms with van der Waals surface area (Å²) < 4.78 is 0. The second-order valence-corrected chi connectivity index (χ2v) is 4.52. The largest absolute Gasteiger partial charge is 0.326 e. The maximum absolute atomic E-state index is 11.6. The Balaban J connectivity index is 2.04. The van der Waals surface area contributed by atoms with Gasteiger partial charge in [-0.3, -0.25) is 14.7 Å². The summed E-state index contributed by atoms with van der Waals surface area (Å²) in [6.45, 7) is 3.57. The second-order valence-electron chi connectivity index (χ2n) is 4.52. The Morgan fingerprint density at radius 3 is 2.89 bits per heavy atom. The van der Waals surface area contributed by atoms with E-state index in [-0.39, 0.29) is 24.0 Å². The van der Waals surface area contributed by atoms with Crippen molar-refractivity contribution < 1.29 is 9.59 Å². The second kappa shape index (κ2) is 5.00. The molecule has 2 rings (SSSR count). The maximum Gasteiger partial charge on any atom is 0.231 e. The van der Waals surface area contributed by atoms with Gasteiger partial charge in [-0.15, -0.1) is 0 Å². The van der Waals surface area contributed by atoms with Gasteiger partial charge in [0.05, 0.1) is 18.1 Å². The molecule has 0 aliphatic carbocycles. The van der Waals surface area contributed by atoms with E-state index >= 15 is 0 Å². The number of benzene rings is 1. The first-order valence-electron chi connectivity index (χ1n) is 5.82. The van der Waals surface area contributed by atoms with Gasteiger partial charge in [0.25, 0.3) is 0 Å². The van der Waals surface area contributed by atoms with Gasteiger partial charge in [-0.2, -0.15) is 5.10 Å². The van der Waals surface area contributed by atoms with Crippen LogP contribution in [0.5, 0.6) is 0 Å². The third-order valence-corrected chi connectivity index (χ3v) is 2.70. The summed E-state index contributed by atoms with van der Waals surface area (Å²) in [5.41, 5.74) is 1.58. The molecule has 5 nitrogen and oxygen atoms in total. The molecule has 0 spiro atoms. The lowest BCUT2D eigenvalue weighted by Gasteiger charge is -2.06. The van der Waals surface area contributed by atoms with Crippen LogP contribution >= 0.6 is 0 Å². The van der Waals surface area contributed by atoms with E-state index in [0.29, 0.717) is 5.69 Å². The minimum absolute atomic E-state index is 0.0584. The lowest BCUT2D eigenvalue weighted by Crippen LogP contribution is -2.19. The van der Waals surface area contributed by atoms with Crippen LogP contribution in [0.25, 0.3) is 10.9 Å². The molecule has 2 N–H and O–H groups in total. The van der Waals surface area contributed by atoms with Gasteiger partial charge in [0.15, 0.2) is 0 Å². The fraction of sp³-hybridized carbons (Fsp3) is 0.308. The zero-order valence-electron chi connectivity index (χ0n) is 10.4. The Morgan fingerprint density at radius 1 is 1.39 bits per heavy atom. The number of ketones is 1. The van der Waals surface area contributed by atoms with E-state index in [0.717, 1.165) is 10.9 Å². The highest BCUT2D eigenvalue weighted by atomic mass is 16.2. The quantitative estimate of drug-likeness (QED) is 0.810. The first-order chi connectivity index (χ1) is 8.56. The Labute approximate surface area is 105 Å². The highest BCUT2D eigenvalue weighted by Crippen LogP contribution is 2.16. The minimum atomic E-state index is -0.281. The molecule has 0 aliphatic rings. The highest BCUT2D eigenvalue weighted by Gasteiger charge is 2.13.